The zero-order valence-corrected chi connectivity index (χ0v) is 4.76. The molecule has 0 aliphatic carbocycles. The lowest BCUT2D eigenvalue weighted by molar-refractivity contribution is 0.161. The van der Waals surface area contributed by atoms with E-state index in [1.54, 1.807) is 7.05 Å². The first-order chi connectivity index (χ1) is 3.18. The molecule has 0 fully saturated rings. The number of hydrogen-bond acceptors (Lipinski definition) is 3. The maximum Gasteiger partial charge on any atom is 0.0597 e. The van der Waals surface area contributed by atoms with Gasteiger partial charge in [-0.3, -0.25) is 5.84 Å². The SMILES string of the molecule is C[C@H](CO)N(C)N. The monoisotopic (exact) mass is 104 g/mol. The maximum absolute atomic E-state index is 8.38. The highest BCUT2D eigenvalue weighted by molar-refractivity contribution is 4.51. The van der Waals surface area contributed by atoms with Gasteiger partial charge in [0, 0.05) is 13.1 Å². The third-order valence-corrected chi connectivity index (χ3v) is 0.959. The molecule has 3 heteroatoms. The van der Waals surface area contributed by atoms with E-state index >= 15 is 0 Å². The Balaban J connectivity index is 3.14. The number of rotatable bonds is 2. The Bertz CT molecular complexity index is 47.0. The highest BCUT2D eigenvalue weighted by Crippen LogP contribution is 1.82. The van der Waals surface area contributed by atoms with Gasteiger partial charge in [-0.15, -0.1) is 0 Å². The lowest BCUT2D eigenvalue weighted by Gasteiger charge is -2.15. The lowest BCUT2D eigenvalue weighted by atomic mass is 10.4. The number of nitrogens with zero attached hydrogens (tertiary/aromatic N) is 1. The Morgan fingerprint density at radius 2 is 2.29 bits per heavy atom. The van der Waals surface area contributed by atoms with Crippen molar-refractivity contribution in [3.8, 4) is 0 Å². The Hall–Kier alpha value is -0.120. The summed E-state index contributed by atoms with van der Waals surface area (Å²) in [4.78, 5) is 0. The first-order valence-electron chi connectivity index (χ1n) is 2.27. The summed E-state index contributed by atoms with van der Waals surface area (Å²) in [5.74, 6) is 5.22. The minimum Gasteiger partial charge on any atom is -0.395 e. The first-order valence-corrected chi connectivity index (χ1v) is 2.27. The van der Waals surface area contributed by atoms with Crippen LogP contribution in [0, 0.1) is 0 Å². The second-order valence-electron chi connectivity index (χ2n) is 1.70. The molecule has 0 aliphatic heterocycles. The molecule has 0 unspecified atom stereocenters. The van der Waals surface area contributed by atoms with Crippen molar-refractivity contribution in [3.63, 3.8) is 0 Å². The van der Waals surface area contributed by atoms with E-state index in [2.05, 4.69) is 0 Å². The quantitative estimate of drug-likeness (QED) is 0.355. The number of aliphatic hydroxyl groups is 1. The van der Waals surface area contributed by atoms with Gasteiger partial charge in [-0.1, -0.05) is 0 Å². The molecule has 0 amide bonds. The Kier molecular flexibility index (Phi) is 2.91. The van der Waals surface area contributed by atoms with E-state index in [-0.39, 0.29) is 12.6 Å². The van der Waals surface area contributed by atoms with Crippen LogP contribution in [0.25, 0.3) is 0 Å². The van der Waals surface area contributed by atoms with Crippen molar-refractivity contribution in [2.24, 2.45) is 5.84 Å². The number of likely N-dealkylation sites (N-methyl/N-ethyl adjacent to an activating group) is 1. The van der Waals surface area contributed by atoms with Crippen molar-refractivity contribution in [1.29, 1.82) is 0 Å². The summed E-state index contributed by atoms with van der Waals surface area (Å²) in [6.45, 7) is 1.97. The summed E-state index contributed by atoms with van der Waals surface area (Å²) in [6, 6.07) is 0.0694. The van der Waals surface area contributed by atoms with E-state index in [1.807, 2.05) is 6.92 Å². The van der Waals surface area contributed by atoms with Crippen LogP contribution in [0.3, 0.4) is 0 Å². The standard InChI is InChI=1S/C4H12N2O/c1-4(3-7)6(2)5/h4,7H,3,5H2,1-2H3/t4-/m1/s1. The molecule has 7 heavy (non-hydrogen) atoms. The number of nitrogens with two attached hydrogens (primary N) is 1. The van der Waals surface area contributed by atoms with E-state index < -0.39 is 0 Å². The van der Waals surface area contributed by atoms with Gasteiger partial charge in [0.15, 0.2) is 0 Å². The van der Waals surface area contributed by atoms with Crippen LogP contribution in [0.2, 0.25) is 0 Å². The van der Waals surface area contributed by atoms with Crippen molar-refractivity contribution in [1.82, 2.24) is 5.01 Å². The van der Waals surface area contributed by atoms with E-state index in [4.69, 9.17) is 10.9 Å². The second kappa shape index (κ2) is 2.96. The summed E-state index contributed by atoms with van der Waals surface area (Å²) >= 11 is 0. The van der Waals surface area contributed by atoms with Gasteiger partial charge in [0.05, 0.1) is 6.61 Å². The van der Waals surface area contributed by atoms with Crippen LogP contribution < -0.4 is 5.84 Å². The molecule has 1 atom stereocenters. The number of hydrogen-bond donors (Lipinski definition) is 2. The van der Waals surface area contributed by atoms with E-state index in [0.29, 0.717) is 0 Å². The predicted molar refractivity (Wildman–Crippen MR) is 28.5 cm³/mol. The minimum atomic E-state index is 0.0694. The molecule has 0 spiro atoms. The van der Waals surface area contributed by atoms with E-state index in [9.17, 15) is 0 Å². The van der Waals surface area contributed by atoms with Gasteiger partial charge in [-0.25, -0.2) is 5.01 Å². The molecular weight excluding hydrogens is 92.1 g/mol. The number of hydrazine groups is 1. The Morgan fingerprint density at radius 3 is 2.29 bits per heavy atom. The average Bonchev–Trinajstić information content (AvgIpc) is 1.65. The molecule has 0 aliphatic rings. The molecule has 0 heterocycles. The van der Waals surface area contributed by atoms with Crippen LogP contribution in [0.1, 0.15) is 6.92 Å². The zero-order valence-electron chi connectivity index (χ0n) is 4.76. The topological polar surface area (TPSA) is 49.5 Å². The summed E-state index contributed by atoms with van der Waals surface area (Å²) in [5, 5.41) is 9.86. The van der Waals surface area contributed by atoms with E-state index in [0.717, 1.165) is 0 Å². The van der Waals surface area contributed by atoms with Gasteiger partial charge < -0.3 is 5.11 Å². The van der Waals surface area contributed by atoms with Gasteiger partial charge in [0.2, 0.25) is 0 Å². The highest BCUT2D eigenvalue weighted by Gasteiger charge is 1.99. The first kappa shape index (κ1) is 6.88. The van der Waals surface area contributed by atoms with Crippen molar-refractivity contribution >= 4 is 0 Å². The average molecular weight is 104 g/mol. The molecule has 3 N–H and O–H groups in total. The van der Waals surface area contributed by atoms with Gasteiger partial charge >= 0.3 is 0 Å². The molecule has 0 aromatic heterocycles. The molecular formula is C4H12N2O. The van der Waals surface area contributed by atoms with Crippen molar-refractivity contribution < 1.29 is 5.11 Å². The summed E-state index contributed by atoms with van der Waals surface area (Å²) < 4.78 is 0. The summed E-state index contributed by atoms with van der Waals surface area (Å²) in [7, 11) is 1.72. The fraction of sp³-hybridized carbons (Fsp3) is 1.00. The minimum absolute atomic E-state index is 0.0694. The van der Waals surface area contributed by atoms with Crippen molar-refractivity contribution in [3.05, 3.63) is 0 Å². The van der Waals surface area contributed by atoms with Crippen molar-refractivity contribution in [2.75, 3.05) is 13.7 Å². The molecule has 0 rings (SSSR count). The van der Waals surface area contributed by atoms with Crippen LogP contribution in [0.4, 0.5) is 0 Å². The second-order valence-corrected chi connectivity index (χ2v) is 1.70. The third kappa shape index (κ3) is 2.56. The summed E-state index contributed by atoms with van der Waals surface area (Å²) in [6.07, 6.45) is 0. The smallest absolute Gasteiger partial charge is 0.0597 e. The molecule has 0 aromatic rings. The van der Waals surface area contributed by atoms with Crippen LogP contribution in [-0.4, -0.2) is 29.8 Å². The lowest BCUT2D eigenvalue weighted by Crippen LogP contribution is -2.37. The molecule has 0 bridgehead atoms. The summed E-state index contributed by atoms with van der Waals surface area (Å²) in [5.41, 5.74) is 0. The molecule has 44 valence electrons. The predicted octanol–water partition coefficient (Wildman–Crippen LogP) is -0.827. The van der Waals surface area contributed by atoms with Crippen molar-refractivity contribution in [2.45, 2.75) is 13.0 Å². The Labute approximate surface area is 43.7 Å². The van der Waals surface area contributed by atoms with Gasteiger partial charge in [0.1, 0.15) is 0 Å². The Morgan fingerprint density at radius 1 is 1.86 bits per heavy atom. The molecule has 3 nitrogen and oxygen atoms in total. The van der Waals surface area contributed by atoms with Gasteiger partial charge in [0.25, 0.3) is 0 Å². The largest absolute Gasteiger partial charge is 0.395 e. The highest BCUT2D eigenvalue weighted by atomic mass is 16.3. The molecule has 0 saturated heterocycles. The molecule has 0 saturated carbocycles. The van der Waals surface area contributed by atoms with Gasteiger partial charge in [-0.2, -0.15) is 0 Å². The van der Waals surface area contributed by atoms with Crippen LogP contribution >= 0.6 is 0 Å². The van der Waals surface area contributed by atoms with Crippen LogP contribution in [0.5, 0.6) is 0 Å². The van der Waals surface area contributed by atoms with Gasteiger partial charge in [-0.05, 0) is 6.92 Å². The van der Waals surface area contributed by atoms with Crippen LogP contribution in [0.15, 0.2) is 0 Å². The molecule has 0 aromatic carbocycles. The maximum atomic E-state index is 8.38. The fourth-order valence-electron chi connectivity index (χ4n) is 0.129. The number of aliphatic hydroxyl groups excluding tert-OH is 1. The van der Waals surface area contributed by atoms with Crippen LogP contribution in [-0.2, 0) is 0 Å². The third-order valence-electron chi connectivity index (χ3n) is 0.959. The van der Waals surface area contributed by atoms with E-state index in [1.165, 1.54) is 5.01 Å². The fourth-order valence-corrected chi connectivity index (χ4v) is 0.129. The zero-order chi connectivity index (χ0) is 5.86. The molecule has 0 radical (unpaired) electrons. The normalized spacial score (nSPS) is 15.0.